The van der Waals surface area contributed by atoms with E-state index in [-0.39, 0.29) is 11.9 Å². The monoisotopic (exact) mass is 336 g/mol. The van der Waals surface area contributed by atoms with Crippen LogP contribution in [0.1, 0.15) is 21.9 Å². The van der Waals surface area contributed by atoms with E-state index in [4.69, 9.17) is 17.3 Å². The molecule has 5 nitrogen and oxygen atoms in total. The highest BCUT2D eigenvalue weighted by molar-refractivity contribution is 7.09. The van der Waals surface area contributed by atoms with Crippen molar-refractivity contribution in [3.05, 3.63) is 45.4 Å². The maximum Gasteiger partial charge on any atom is 0.271 e. The molecule has 1 fully saturated rings. The smallest absolute Gasteiger partial charge is 0.271 e. The second-order valence-electron chi connectivity index (χ2n) is 5.22. The Hall–Kier alpha value is -1.63. The molecule has 0 unspecified atom stereocenters. The van der Waals surface area contributed by atoms with Crippen LogP contribution in [0.5, 0.6) is 0 Å². The number of hydrogen-bond donors (Lipinski definition) is 2. The third-order valence-corrected chi connectivity index (χ3v) is 4.76. The zero-order chi connectivity index (χ0) is 15.5. The van der Waals surface area contributed by atoms with Gasteiger partial charge in [-0.05, 0) is 24.6 Å². The van der Waals surface area contributed by atoms with Crippen molar-refractivity contribution >= 4 is 34.5 Å². The number of thiazole rings is 1. The average molecular weight is 337 g/mol. The maximum atomic E-state index is 12.2. The quantitative estimate of drug-likeness (QED) is 0.898. The maximum absolute atomic E-state index is 12.2. The van der Waals surface area contributed by atoms with Crippen molar-refractivity contribution in [1.29, 1.82) is 0 Å². The topological polar surface area (TPSA) is 71.2 Å². The zero-order valence-electron chi connectivity index (χ0n) is 12.0. The van der Waals surface area contributed by atoms with E-state index in [1.807, 2.05) is 24.3 Å². The molecule has 0 aliphatic carbocycles. The highest BCUT2D eigenvalue weighted by Crippen LogP contribution is 2.23. The van der Waals surface area contributed by atoms with Crippen molar-refractivity contribution in [3.8, 4) is 0 Å². The van der Waals surface area contributed by atoms with Gasteiger partial charge in [-0.2, -0.15) is 0 Å². The predicted molar refractivity (Wildman–Crippen MR) is 89.5 cm³/mol. The largest absolute Gasteiger partial charge is 0.369 e. The van der Waals surface area contributed by atoms with Crippen LogP contribution >= 0.6 is 22.9 Å². The molecule has 0 spiro atoms. The Morgan fingerprint density at radius 2 is 2.41 bits per heavy atom. The van der Waals surface area contributed by atoms with E-state index in [9.17, 15) is 4.79 Å². The Morgan fingerprint density at radius 1 is 1.55 bits per heavy atom. The predicted octanol–water partition coefficient (Wildman–Crippen LogP) is 2.26. The number of carbonyl (C=O) groups excluding carboxylic acids is 1. The molecule has 1 amide bonds. The second-order valence-corrected chi connectivity index (χ2v) is 6.59. The minimum Gasteiger partial charge on any atom is -0.369 e. The molecule has 1 aromatic carbocycles. The summed E-state index contributed by atoms with van der Waals surface area (Å²) in [5, 5.41) is 6.29. The molecular formula is C15H17ClN4OS. The Morgan fingerprint density at radius 3 is 3.14 bits per heavy atom. The number of nitrogens with zero attached hydrogens (tertiary/aromatic N) is 2. The molecule has 0 radical (unpaired) electrons. The first-order valence-corrected chi connectivity index (χ1v) is 8.37. The first-order valence-electron chi connectivity index (χ1n) is 7.11. The molecule has 1 aromatic heterocycles. The number of amides is 1. The van der Waals surface area contributed by atoms with E-state index in [1.54, 1.807) is 5.38 Å². The number of nitrogens with two attached hydrogens (primary N) is 1. The van der Waals surface area contributed by atoms with Crippen LogP contribution in [0, 0.1) is 0 Å². The van der Waals surface area contributed by atoms with Gasteiger partial charge in [-0.25, -0.2) is 4.98 Å². The van der Waals surface area contributed by atoms with Gasteiger partial charge >= 0.3 is 0 Å². The zero-order valence-corrected chi connectivity index (χ0v) is 13.5. The van der Waals surface area contributed by atoms with E-state index in [0.29, 0.717) is 12.2 Å². The number of aromatic nitrogens is 1. The molecule has 1 saturated heterocycles. The number of anilines is 1. The third-order valence-electron chi connectivity index (χ3n) is 3.66. The van der Waals surface area contributed by atoms with Crippen molar-refractivity contribution in [2.24, 2.45) is 5.73 Å². The minimum atomic E-state index is -0.131. The van der Waals surface area contributed by atoms with Gasteiger partial charge in [-0.15, -0.1) is 11.3 Å². The molecule has 2 aromatic rings. The fourth-order valence-electron chi connectivity index (χ4n) is 2.55. The van der Waals surface area contributed by atoms with Gasteiger partial charge in [0.25, 0.3) is 5.91 Å². The van der Waals surface area contributed by atoms with Crippen LogP contribution in [0.25, 0.3) is 0 Å². The molecule has 22 heavy (non-hydrogen) atoms. The minimum absolute atomic E-state index is 0.120. The molecule has 116 valence electrons. The lowest BCUT2D eigenvalue weighted by molar-refractivity contribution is 0.0936. The summed E-state index contributed by atoms with van der Waals surface area (Å²) >= 11 is 7.44. The summed E-state index contributed by atoms with van der Waals surface area (Å²) in [5.74, 6) is -0.131. The molecule has 3 N–H and O–H groups in total. The Kier molecular flexibility index (Phi) is 4.61. The standard InChI is InChI=1S/C15H17ClN4OS/c16-10-2-1-3-12(6-10)20-5-4-11(8-20)18-15(21)13-9-22-14(7-17)19-13/h1-3,6,9,11H,4-5,7-8,17H2,(H,18,21)/t11-/m1/s1. The lowest BCUT2D eigenvalue weighted by Gasteiger charge is -2.19. The number of hydrogen-bond acceptors (Lipinski definition) is 5. The van der Waals surface area contributed by atoms with Crippen LogP contribution < -0.4 is 16.0 Å². The Balaban J connectivity index is 1.60. The van der Waals surface area contributed by atoms with Gasteiger partial charge in [0.2, 0.25) is 0 Å². The molecule has 0 saturated carbocycles. The molecule has 1 atom stereocenters. The second kappa shape index (κ2) is 6.64. The fourth-order valence-corrected chi connectivity index (χ4v) is 3.39. The van der Waals surface area contributed by atoms with Crippen LogP contribution in [0.2, 0.25) is 5.02 Å². The van der Waals surface area contributed by atoms with Crippen molar-refractivity contribution < 1.29 is 4.79 Å². The van der Waals surface area contributed by atoms with Crippen LogP contribution in [0.15, 0.2) is 29.6 Å². The van der Waals surface area contributed by atoms with Crippen LogP contribution in [-0.2, 0) is 6.54 Å². The normalized spacial score (nSPS) is 17.7. The first-order chi connectivity index (χ1) is 10.7. The summed E-state index contributed by atoms with van der Waals surface area (Å²) in [6.07, 6.45) is 0.909. The summed E-state index contributed by atoms with van der Waals surface area (Å²) in [7, 11) is 0. The molecule has 1 aliphatic heterocycles. The van der Waals surface area contributed by atoms with Gasteiger partial charge in [-0.1, -0.05) is 17.7 Å². The molecule has 1 aliphatic rings. The molecule has 3 rings (SSSR count). The number of rotatable bonds is 4. The van der Waals surface area contributed by atoms with Crippen molar-refractivity contribution in [1.82, 2.24) is 10.3 Å². The van der Waals surface area contributed by atoms with Gasteiger partial charge in [0, 0.05) is 41.8 Å². The lowest BCUT2D eigenvalue weighted by atomic mass is 10.2. The first kappa shape index (κ1) is 15.3. The molecular weight excluding hydrogens is 320 g/mol. The summed E-state index contributed by atoms with van der Waals surface area (Å²) in [6, 6.07) is 7.89. The highest BCUT2D eigenvalue weighted by Gasteiger charge is 2.25. The fraction of sp³-hybridized carbons (Fsp3) is 0.333. The summed E-state index contributed by atoms with van der Waals surface area (Å²) in [6.45, 7) is 2.04. The third kappa shape index (κ3) is 3.40. The number of halogens is 1. The van der Waals surface area contributed by atoms with Crippen LogP contribution in [0.3, 0.4) is 0 Å². The summed E-state index contributed by atoms with van der Waals surface area (Å²) in [5.41, 5.74) is 7.06. The van der Waals surface area contributed by atoms with Crippen molar-refractivity contribution in [2.75, 3.05) is 18.0 Å². The number of nitrogens with one attached hydrogen (secondary N) is 1. The van der Waals surface area contributed by atoms with E-state index < -0.39 is 0 Å². The SMILES string of the molecule is NCc1nc(C(=O)N[C@@H]2CCN(c3cccc(Cl)c3)C2)cs1. The molecule has 0 bridgehead atoms. The van der Waals surface area contributed by atoms with Crippen molar-refractivity contribution in [3.63, 3.8) is 0 Å². The summed E-state index contributed by atoms with van der Waals surface area (Å²) in [4.78, 5) is 18.6. The van der Waals surface area contributed by atoms with Gasteiger partial charge in [0.15, 0.2) is 0 Å². The number of carbonyl (C=O) groups is 1. The number of benzene rings is 1. The van der Waals surface area contributed by atoms with Gasteiger partial charge in [-0.3, -0.25) is 4.79 Å². The van der Waals surface area contributed by atoms with E-state index in [2.05, 4.69) is 15.2 Å². The highest BCUT2D eigenvalue weighted by atomic mass is 35.5. The molecule has 7 heteroatoms. The van der Waals surface area contributed by atoms with Gasteiger partial charge in [0.1, 0.15) is 10.7 Å². The molecule has 2 heterocycles. The van der Waals surface area contributed by atoms with E-state index >= 15 is 0 Å². The average Bonchev–Trinajstić information content (AvgIpc) is 3.16. The van der Waals surface area contributed by atoms with Crippen LogP contribution in [0.4, 0.5) is 5.69 Å². The van der Waals surface area contributed by atoms with Crippen molar-refractivity contribution in [2.45, 2.75) is 19.0 Å². The van der Waals surface area contributed by atoms with E-state index in [1.165, 1.54) is 11.3 Å². The Labute approximate surface area is 138 Å². The van der Waals surface area contributed by atoms with Crippen LogP contribution in [-0.4, -0.2) is 30.0 Å². The Bertz CT molecular complexity index is 675. The lowest BCUT2D eigenvalue weighted by Crippen LogP contribution is -2.37. The summed E-state index contributed by atoms with van der Waals surface area (Å²) < 4.78 is 0. The van der Waals surface area contributed by atoms with Gasteiger partial charge in [0.05, 0.1) is 0 Å². The van der Waals surface area contributed by atoms with Gasteiger partial charge < -0.3 is 16.0 Å². The van der Waals surface area contributed by atoms with E-state index in [0.717, 1.165) is 35.2 Å².